The number of hydrogen-bond donors (Lipinski definition) is 2. The van der Waals surface area contributed by atoms with Gasteiger partial charge in [-0.25, -0.2) is 18.4 Å². The molecule has 0 spiro atoms. The molecule has 2 heterocycles. The van der Waals surface area contributed by atoms with Crippen LogP contribution >= 0.6 is 0 Å². The third-order valence-corrected chi connectivity index (χ3v) is 4.27. The van der Waals surface area contributed by atoms with Crippen LogP contribution in [-0.4, -0.2) is 36.1 Å². The third kappa shape index (κ3) is 2.59. The molecule has 1 aromatic heterocycles. The Labute approximate surface area is 101 Å². The van der Waals surface area contributed by atoms with Crippen molar-refractivity contribution in [2.45, 2.75) is 24.3 Å². The van der Waals surface area contributed by atoms with Crippen LogP contribution in [0.5, 0.6) is 0 Å². The van der Waals surface area contributed by atoms with Crippen molar-refractivity contribution in [1.29, 1.82) is 0 Å². The van der Waals surface area contributed by atoms with Crippen LogP contribution in [0.4, 0.5) is 5.82 Å². The molecule has 0 atom stereocenters. The van der Waals surface area contributed by atoms with E-state index >= 15 is 0 Å². The molecule has 0 radical (unpaired) electrons. The van der Waals surface area contributed by atoms with Crippen LogP contribution in [0.2, 0.25) is 0 Å². The number of sulfonamides is 1. The molecule has 1 saturated heterocycles. The van der Waals surface area contributed by atoms with Crippen molar-refractivity contribution in [2.75, 3.05) is 18.8 Å². The fraction of sp³-hybridized carbons (Fsp3) is 0.667. The molecule has 2 rings (SSSR count). The van der Waals surface area contributed by atoms with E-state index in [4.69, 9.17) is 5.73 Å². The van der Waals surface area contributed by atoms with Gasteiger partial charge in [-0.15, -0.1) is 4.83 Å². The van der Waals surface area contributed by atoms with E-state index in [-0.39, 0.29) is 10.8 Å². The highest BCUT2D eigenvalue weighted by atomic mass is 32.2. The molecular weight excluding hydrogens is 242 g/mol. The summed E-state index contributed by atoms with van der Waals surface area (Å²) >= 11 is 0. The molecule has 3 N–H and O–H groups in total. The number of anilines is 1. The first-order valence-electron chi connectivity index (χ1n) is 5.55. The second-order valence-electron chi connectivity index (χ2n) is 4.19. The average molecular weight is 259 g/mol. The van der Waals surface area contributed by atoms with Crippen molar-refractivity contribution in [3.8, 4) is 0 Å². The van der Waals surface area contributed by atoms with Crippen molar-refractivity contribution in [1.82, 2.24) is 19.4 Å². The molecule has 1 fully saturated rings. The van der Waals surface area contributed by atoms with Crippen molar-refractivity contribution >= 4 is 15.8 Å². The minimum atomic E-state index is -3.63. The topological polar surface area (TPSA) is 93.2 Å². The summed E-state index contributed by atoms with van der Waals surface area (Å²) in [7, 11) is -2.02. The zero-order valence-corrected chi connectivity index (χ0v) is 10.6. The Balaban J connectivity index is 2.19. The average Bonchev–Trinajstić information content (AvgIpc) is 2.59. The molecular formula is C9H17N5O2S. The number of rotatable bonds is 3. The Bertz CT molecular complexity index is 470. The molecule has 0 amide bonds. The van der Waals surface area contributed by atoms with E-state index in [1.807, 2.05) is 0 Å². The van der Waals surface area contributed by atoms with Gasteiger partial charge in [-0.2, -0.15) is 0 Å². The predicted molar refractivity (Wildman–Crippen MR) is 63.4 cm³/mol. The molecule has 0 bridgehead atoms. The van der Waals surface area contributed by atoms with Crippen molar-refractivity contribution in [2.24, 2.45) is 7.05 Å². The van der Waals surface area contributed by atoms with Crippen LogP contribution < -0.4 is 10.6 Å². The first kappa shape index (κ1) is 12.3. The maximum absolute atomic E-state index is 12.1. The lowest BCUT2D eigenvalue weighted by atomic mass is 10.2. The number of piperidine rings is 1. The summed E-state index contributed by atoms with van der Waals surface area (Å²) in [5.74, 6) is 0.0250. The highest BCUT2D eigenvalue weighted by molar-refractivity contribution is 7.89. The number of nitrogens with one attached hydrogen (secondary N) is 1. The number of nitrogen functional groups attached to an aromatic ring is 1. The second-order valence-corrected chi connectivity index (χ2v) is 5.76. The van der Waals surface area contributed by atoms with E-state index in [1.54, 1.807) is 12.1 Å². The van der Waals surface area contributed by atoms with Crippen LogP contribution in [0.3, 0.4) is 0 Å². The Morgan fingerprint density at radius 3 is 2.53 bits per heavy atom. The summed E-state index contributed by atoms with van der Waals surface area (Å²) in [6, 6.07) is 0. The molecule has 1 aromatic rings. The molecule has 0 unspecified atom stereocenters. The Kier molecular flexibility index (Phi) is 3.36. The fourth-order valence-electron chi connectivity index (χ4n) is 1.96. The summed E-state index contributed by atoms with van der Waals surface area (Å²) in [5.41, 5.74) is 5.56. The van der Waals surface area contributed by atoms with E-state index < -0.39 is 10.0 Å². The van der Waals surface area contributed by atoms with E-state index in [2.05, 4.69) is 9.82 Å². The Hall–Kier alpha value is -1.12. The van der Waals surface area contributed by atoms with Gasteiger partial charge in [0.15, 0.2) is 10.8 Å². The maximum Gasteiger partial charge on any atom is 0.272 e. The Morgan fingerprint density at radius 2 is 2.00 bits per heavy atom. The molecule has 96 valence electrons. The molecule has 7 nitrogen and oxygen atoms in total. The molecule has 0 saturated carbocycles. The number of hydrazine groups is 1. The fourth-order valence-corrected chi connectivity index (χ4v) is 3.33. The lowest BCUT2D eigenvalue weighted by molar-refractivity contribution is 0.199. The number of imidazole rings is 1. The zero-order valence-electron chi connectivity index (χ0n) is 9.76. The maximum atomic E-state index is 12.1. The highest BCUT2D eigenvalue weighted by Gasteiger charge is 2.25. The van der Waals surface area contributed by atoms with Gasteiger partial charge >= 0.3 is 0 Å². The van der Waals surface area contributed by atoms with Crippen LogP contribution in [0.25, 0.3) is 0 Å². The number of nitrogens with zero attached hydrogens (tertiary/aromatic N) is 3. The van der Waals surface area contributed by atoms with Crippen LogP contribution in [0, 0.1) is 0 Å². The minimum Gasteiger partial charge on any atom is -0.381 e. The first-order valence-corrected chi connectivity index (χ1v) is 7.03. The van der Waals surface area contributed by atoms with Gasteiger partial charge in [-0.1, -0.05) is 6.42 Å². The largest absolute Gasteiger partial charge is 0.381 e. The number of nitrogens with two attached hydrogens (primary N) is 1. The van der Waals surface area contributed by atoms with Gasteiger partial charge < -0.3 is 10.3 Å². The SMILES string of the molecule is Cn1cnc(N)c1S(=O)(=O)NN1CCCCC1. The van der Waals surface area contributed by atoms with Gasteiger partial charge in [0, 0.05) is 20.1 Å². The van der Waals surface area contributed by atoms with E-state index in [0.717, 1.165) is 32.4 Å². The lowest BCUT2D eigenvalue weighted by Gasteiger charge is -2.26. The van der Waals surface area contributed by atoms with Gasteiger partial charge in [0.05, 0.1) is 6.33 Å². The molecule has 0 aromatic carbocycles. The summed E-state index contributed by atoms with van der Waals surface area (Å²) in [6.07, 6.45) is 4.54. The minimum absolute atomic E-state index is 0.0167. The molecule has 1 aliphatic heterocycles. The van der Waals surface area contributed by atoms with Gasteiger partial charge in [0.25, 0.3) is 10.0 Å². The van der Waals surface area contributed by atoms with E-state index in [9.17, 15) is 8.42 Å². The predicted octanol–water partition coefficient (Wildman–Crippen LogP) is -0.318. The van der Waals surface area contributed by atoms with E-state index in [0.29, 0.717) is 0 Å². The summed E-state index contributed by atoms with van der Waals surface area (Å²) in [6.45, 7) is 1.47. The zero-order chi connectivity index (χ0) is 12.5. The van der Waals surface area contributed by atoms with Gasteiger partial charge in [0.1, 0.15) is 0 Å². The second kappa shape index (κ2) is 4.63. The number of hydrogen-bond acceptors (Lipinski definition) is 5. The summed E-state index contributed by atoms with van der Waals surface area (Å²) in [5, 5.41) is 1.73. The first-order chi connectivity index (χ1) is 8.00. The number of aromatic nitrogens is 2. The Morgan fingerprint density at radius 1 is 1.35 bits per heavy atom. The molecule has 0 aliphatic carbocycles. The van der Waals surface area contributed by atoms with Crippen LogP contribution in [0.15, 0.2) is 11.4 Å². The standard InChI is InChI=1S/C9H17N5O2S/c1-13-7-11-8(10)9(13)17(15,16)12-14-5-3-2-4-6-14/h7,12H,2-6,10H2,1H3. The molecule has 17 heavy (non-hydrogen) atoms. The van der Waals surface area contributed by atoms with Gasteiger partial charge in [-0.05, 0) is 12.8 Å². The van der Waals surface area contributed by atoms with Gasteiger partial charge in [-0.3, -0.25) is 0 Å². The van der Waals surface area contributed by atoms with E-state index in [1.165, 1.54) is 10.9 Å². The molecule has 1 aliphatic rings. The van der Waals surface area contributed by atoms with Crippen molar-refractivity contribution < 1.29 is 8.42 Å². The van der Waals surface area contributed by atoms with Gasteiger partial charge in [0.2, 0.25) is 0 Å². The van der Waals surface area contributed by atoms with Crippen LogP contribution in [0.1, 0.15) is 19.3 Å². The normalized spacial score (nSPS) is 18.4. The summed E-state index contributed by atoms with van der Waals surface area (Å²) < 4.78 is 25.6. The lowest BCUT2D eigenvalue weighted by Crippen LogP contribution is -2.45. The highest BCUT2D eigenvalue weighted by Crippen LogP contribution is 2.16. The quantitative estimate of drug-likeness (QED) is 0.776. The monoisotopic (exact) mass is 259 g/mol. The van der Waals surface area contributed by atoms with Crippen molar-refractivity contribution in [3.05, 3.63) is 6.33 Å². The van der Waals surface area contributed by atoms with Crippen LogP contribution in [-0.2, 0) is 17.1 Å². The smallest absolute Gasteiger partial charge is 0.272 e. The number of aryl methyl sites for hydroxylation is 1. The van der Waals surface area contributed by atoms with Crippen molar-refractivity contribution in [3.63, 3.8) is 0 Å². The summed E-state index contributed by atoms with van der Waals surface area (Å²) in [4.78, 5) is 6.32. The third-order valence-electron chi connectivity index (χ3n) is 2.77. The molecule has 8 heteroatoms.